The number of carboxylic acids is 1. The second kappa shape index (κ2) is 55.7. The summed E-state index contributed by atoms with van der Waals surface area (Å²) in [5.74, 6) is -0.0190. The van der Waals surface area contributed by atoms with Crippen molar-refractivity contribution < 1.29 is 43.2 Å². The number of aromatic nitrogens is 8. The van der Waals surface area contributed by atoms with Crippen LogP contribution in [-0.4, -0.2) is 112 Å². The predicted molar refractivity (Wildman–Crippen MR) is 548 cm³/mol. The molecule has 4 aromatic heterocycles. The maximum absolute atomic E-state index is 12.7. The van der Waals surface area contributed by atoms with Crippen LogP contribution >= 0.6 is 0 Å². The molecule has 5 heterocycles. The van der Waals surface area contributed by atoms with Crippen LogP contribution in [0.3, 0.4) is 0 Å². The molecule has 11 aromatic carbocycles. The van der Waals surface area contributed by atoms with Gasteiger partial charge in [-0.3, -0.25) is 19.9 Å². The summed E-state index contributed by atoms with van der Waals surface area (Å²) in [4.78, 5) is 48.7. The van der Waals surface area contributed by atoms with E-state index < -0.39 is 11.9 Å². The first-order valence-corrected chi connectivity index (χ1v) is 47.9. The van der Waals surface area contributed by atoms with Gasteiger partial charge in [-0.05, 0) is 156 Å². The molecule has 0 saturated carbocycles. The number of esters is 2. The molecule has 0 unspecified atom stereocenters. The Bertz CT molecular complexity index is 6080. The molecule has 1 aliphatic rings. The van der Waals surface area contributed by atoms with Crippen LogP contribution in [0.2, 0.25) is 0 Å². The Morgan fingerprint density at radius 3 is 1.24 bits per heavy atom. The van der Waals surface area contributed by atoms with Gasteiger partial charge in [-0.15, -0.1) is 0 Å². The number of hydrogen-bond acceptors (Lipinski definition) is 16. The summed E-state index contributed by atoms with van der Waals surface area (Å²) in [7, 11) is 0. The topological polar surface area (TPSA) is 236 Å². The summed E-state index contributed by atoms with van der Waals surface area (Å²) in [6.45, 7) is 24.2. The van der Waals surface area contributed by atoms with Crippen molar-refractivity contribution in [2.24, 2.45) is 5.10 Å². The lowest BCUT2D eigenvalue weighted by molar-refractivity contribution is -0.145. The third-order valence-corrected chi connectivity index (χ3v) is 22.2. The molecule has 0 radical (unpaired) electrons. The maximum atomic E-state index is 12.7. The minimum absolute atomic E-state index is 0.0362. The highest BCUT2D eigenvalue weighted by atomic mass is 16.7. The van der Waals surface area contributed by atoms with Gasteiger partial charge in [-0.25, -0.2) is 28.3 Å². The van der Waals surface area contributed by atoms with E-state index in [4.69, 9.17) is 29.5 Å². The molecule has 1 aliphatic heterocycles. The molecule has 21 nitrogen and oxygen atoms in total. The molecule has 0 spiro atoms. The molecule has 15 aromatic rings. The minimum atomic E-state index is -0.936. The average Bonchev–Trinajstić information content (AvgIpc) is 1.63. The van der Waals surface area contributed by atoms with Crippen molar-refractivity contribution >= 4 is 35.6 Å². The number of rotatable bonds is 39. The monoisotopic (exact) mass is 1820 g/mol. The van der Waals surface area contributed by atoms with Crippen LogP contribution < -0.4 is 20.2 Å². The SMILES string of the molecule is C(=N\Nc1ccccc1)/c1ccccc1.CCCC(=O)CC(=O)OCC.CCCCN(Cc1ccc2c(c1)OCO2)Cc1c(-c2ccccc2)nn(-c2ccccc2)c1CCC.CCCCNCc1c(-c2ccccc2)nn(-c2ccccc2)c1CCC.CCCc1c(C(=O)O)c(-c2ccccc2)nn1-c1ccccc1.CCCc1c(C(=O)OCC)c(-c2ccccc2)nn1-c1ccccc1. The van der Waals surface area contributed by atoms with E-state index in [2.05, 4.69) is 208 Å². The number of ether oxygens (including phenoxy) is 4. The van der Waals surface area contributed by atoms with Crippen molar-refractivity contribution in [2.75, 3.05) is 38.5 Å². The number of ketones is 1. The van der Waals surface area contributed by atoms with E-state index >= 15 is 0 Å². The Morgan fingerprint density at radius 2 is 0.801 bits per heavy atom. The highest BCUT2D eigenvalue weighted by Gasteiger charge is 2.29. The van der Waals surface area contributed by atoms with E-state index in [0.29, 0.717) is 55.4 Å². The van der Waals surface area contributed by atoms with Gasteiger partial charge in [0.05, 0.1) is 70.6 Å². The Hall–Kier alpha value is -14.7. The quantitative estimate of drug-likeness (QED) is 0.0107. The molecule has 0 amide bonds. The first-order valence-electron chi connectivity index (χ1n) is 47.9. The first kappa shape index (κ1) is 102. The molecule has 0 fully saturated rings. The third-order valence-electron chi connectivity index (χ3n) is 22.2. The summed E-state index contributed by atoms with van der Waals surface area (Å²) in [5, 5.41) is 37.2. The van der Waals surface area contributed by atoms with E-state index in [1.54, 1.807) is 17.8 Å². The zero-order valence-electron chi connectivity index (χ0n) is 80.1. The van der Waals surface area contributed by atoms with Crippen LogP contribution in [0.5, 0.6) is 11.5 Å². The van der Waals surface area contributed by atoms with E-state index in [0.717, 1.165) is 182 Å². The van der Waals surface area contributed by atoms with Crippen molar-refractivity contribution in [3.63, 3.8) is 0 Å². The van der Waals surface area contributed by atoms with Gasteiger partial charge in [0, 0.05) is 70.8 Å². The van der Waals surface area contributed by atoms with Gasteiger partial charge in [0.15, 0.2) is 11.5 Å². The van der Waals surface area contributed by atoms with Crippen LogP contribution in [0.4, 0.5) is 5.69 Å². The smallest absolute Gasteiger partial charge is 0.342 e. The minimum Gasteiger partial charge on any atom is -0.478 e. The number of carboxylic acid groups (broad SMARTS) is 1. The van der Waals surface area contributed by atoms with Crippen molar-refractivity contribution in [2.45, 2.75) is 178 Å². The van der Waals surface area contributed by atoms with Crippen molar-refractivity contribution in [1.29, 1.82) is 0 Å². The highest BCUT2D eigenvalue weighted by molar-refractivity contribution is 5.98. The second-order valence-electron chi connectivity index (χ2n) is 32.6. The number of benzene rings is 11. The number of carbonyl (C=O) groups excluding carboxylic acids is 3. The Kier molecular flexibility index (Phi) is 41.7. The molecule has 0 bridgehead atoms. The number of hydrogen-bond donors (Lipinski definition) is 3. The van der Waals surface area contributed by atoms with Crippen molar-refractivity contribution in [3.8, 4) is 79.3 Å². The van der Waals surface area contributed by atoms with Crippen LogP contribution in [0, 0.1) is 0 Å². The second-order valence-corrected chi connectivity index (χ2v) is 32.6. The van der Waals surface area contributed by atoms with Crippen molar-refractivity contribution in [1.82, 2.24) is 49.3 Å². The molecule has 0 atom stereocenters. The van der Waals surface area contributed by atoms with Gasteiger partial charge >= 0.3 is 17.9 Å². The Morgan fingerprint density at radius 1 is 0.412 bits per heavy atom. The van der Waals surface area contributed by atoms with E-state index in [-0.39, 0.29) is 18.2 Å². The van der Waals surface area contributed by atoms with Gasteiger partial charge < -0.3 is 29.4 Å². The third kappa shape index (κ3) is 29.7. The van der Waals surface area contributed by atoms with Crippen molar-refractivity contribution in [3.05, 3.63) is 378 Å². The van der Waals surface area contributed by atoms with E-state index in [1.807, 2.05) is 214 Å². The molecular formula is C115H130N12O9. The predicted octanol–water partition coefficient (Wildman–Crippen LogP) is 25.7. The lowest BCUT2D eigenvalue weighted by Gasteiger charge is -2.23. The molecule has 704 valence electrons. The fourth-order valence-electron chi connectivity index (χ4n) is 15.8. The summed E-state index contributed by atoms with van der Waals surface area (Å²) < 4.78 is 29.0. The number of Topliss-reactive ketones (excluding diaryl/α,β-unsaturated/α-hetero) is 1. The molecule has 16 rings (SSSR count). The summed E-state index contributed by atoms with van der Waals surface area (Å²) >= 11 is 0. The molecule has 136 heavy (non-hydrogen) atoms. The average molecular weight is 1820 g/mol. The van der Waals surface area contributed by atoms with E-state index in [9.17, 15) is 24.3 Å². The molecule has 21 heteroatoms. The van der Waals surface area contributed by atoms with Gasteiger partial charge in [0.1, 0.15) is 34.7 Å². The fraction of sp³-hybridized carbons (Fsp3) is 0.278. The zero-order valence-corrected chi connectivity index (χ0v) is 80.1. The fourth-order valence-corrected chi connectivity index (χ4v) is 15.8. The summed E-state index contributed by atoms with van der Waals surface area (Å²) in [6, 6.07) is 107. The lowest BCUT2D eigenvalue weighted by Crippen LogP contribution is -2.25. The van der Waals surface area contributed by atoms with Crippen LogP contribution in [0.25, 0.3) is 67.8 Å². The molecule has 0 aliphatic carbocycles. The van der Waals surface area contributed by atoms with Gasteiger partial charge in [0.2, 0.25) is 6.79 Å². The normalized spacial score (nSPS) is 11.0. The number of nitrogens with zero attached hydrogens (tertiary/aromatic N) is 10. The standard InChI is InChI=1S/C31H35N3O2.C23H29N3.C21H22N2O2.C19H18N2O2.C13H12N2.C8H14O3/c1-3-5-19-33(21-24-17-18-29-30(20-24)36-23-35-29)22-27-28(12-4-2)34(26-15-10-7-11-16-26)32-31(27)25-13-8-6-9-14-25;1-3-5-17-24-18-21-22(12-4-2)26(20-15-10-7-11-16-20)25-23(21)19-13-8-6-9-14-19;1-3-11-18-19(21(24)25-4-2)20(16-12-7-5-8-13-16)22-23(18)17-14-9-6-10-15-17;1-2-9-16-17(19(22)23)18(14-10-5-3-6-11-14)20-21(16)15-12-7-4-8-13-15;1-3-7-12(8-4-1)11-14-15-13-9-5-2-6-10-13;1-3-5-7(9)6-8(10)11-4-2/h6-11,13-18,20H,3-5,12,19,21-23H2,1-2H3;6-11,13-16,24H,3-5,12,17-18H2,1-2H3;5-10,12-15H,3-4,11H2,1-2H3;3-8,10-13H,2,9H2,1H3,(H,22,23);1-11,15H;3-6H2,1-2H3/b;;;;14-11+;. The van der Waals surface area contributed by atoms with Crippen LogP contribution in [0.1, 0.15) is 199 Å². The van der Waals surface area contributed by atoms with Crippen LogP contribution in [-0.2, 0) is 64.4 Å². The van der Waals surface area contributed by atoms with E-state index in [1.165, 1.54) is 46.5 Å². The largest absolute Gasteiger partial charge is 0.478 e. The number of unbranched alkanes of at least 4 members (excludes halogenated alkanes) is 2. The maximum Gasteiger partial charge on any atom is 0.342 e. The Balaban J connectivity index is 0.000000162. The van der Waals surface area contributed by atoms with Gasteiger partial charge in [0.25, 0.3) is 0 Å². The Labute approximate surface area is 802 Å². The number of carbonyl (C=O) groups is 4. The first-order chi connectivity index (χ1) is 66.7. The summed E-state index contributed by atoms with van der Waals surface area (Å²) in [5.41, 5.74) is 25.6. The zero-order chi connectivity index (χ0) is 95.9. The van der Waals surface area contributed by atoms with Gasteiger partial charge in [-0.2, -0.15) is 25.5 Å². The number of hydrazone groups is 1. The number of fused-ring (bicyclic) bond motifs is 1. The number of aromatic carboxylic acids is 1. The molecule has 3 N–H and O–H groups in total. The number of anilines is 1. The van der Waals surface area contributed by atoms with Gasteiger partial charge in [-0.1, -0.05) is 336 Å². The highest BCUT2D eigenvalue weighted by Crippen LogP contribution is 2.37. The molecular weight excluding hydrogens is 1690 g/mol. The lowest BCUT2D eigenvalue weighted by atomic mass is 10.0. The molecule has 0 saturated heterocycles. The van der Waals surface area contributed by atoms with Crippen LogP contribution in [0.15, 0.2) is 327 Å². The number of para-hydroxylation sites is 5. The number of nitrogens with one attached hydrogen (secondary N) is 2. The summed E-state index contributed by atoms with van der Waals surface area (Å²) in [6.07, 6.45) is 15.1.